The van der Waals surface area contributed by atoms with Crippen molar-refractivity contribution in [3.63, 3.8) is 0 Å². The zero-order valence-corrected chi connectivity index (χ0v) is 11.1. The molecule has 1 aromatic carbocycles. The van der Waals surface area contributed by atoms with Crippen molar-refractivity contribution in [3.8, 4) is 5.75 Å². The van der Waals surface area contributed by atoms with E-state index >= 15 is 0 Å². The Morgan fingerprint density at radius 2 is 2.18 bits per heavy atom. The van der Waals surface area contributed by atoms with Gasteiger partial charge >= 0.3 is 0 Å². The third kappa shape index (κ3) is 3.00. The SMILES string of the molecule is CCOc1cccc(C(N)c2ccc(Cl)s2)c1. The van der Waals surface area contributed by atoms with E-state index in [4.69, 9.17) is 22.1 Å². The maximum Gasteiger partial charge on any atom is 0.119 e. The molecule has 2 nitrogen and oxygen atoms in total. The van der Waals surface area contributed by atoms with E-state index in [2.05, 4.69) is 0 Å². The molecule has 17 heavy (non-hydrogen) atoms. The lowest BCUT2D eigenvalue weighted by atomic mass is 10.1. The van der Waals surface area contributed by atoms with Crippen molar-refractivity contribution in [1.29, 1.82) is 0 Å². The van der Waals surface area contributed by atoms with Gasteiger partial charge in [-0.05, 0) is 36.8 Å². The summed E-state index contributed by atoms with van der Waals surface area (Å²) >= 11 is 7.42. The summed E-state index contributed by atoms with van der Waals surface area (Å²) in [5.41, 5.74) is 7.23. The van der Waals surface area contributed by atoms with Crippen LogP contribution in [0, 0.1) is 0 Å². The molecule has 2 rings (SSSR count). The van der Waals surface area contributed by atoms with Gasteiger partial charge in [-0.2, -0.15) is 0 Å². The Balaban J connectivity index is 2.24. The van der Waals surface area contributed by atoms with Crippen molar-refractivity contribution in [2.45, 2.75) is 13.0 Å². The second kappa shape index (κ2) is 5.54. The topological polar surface area (TPSA) is 35.2 Å². The molecule has 90 valence electrons. The van der Waals surface area contributed by atoms with Crippen molar-refractivity contribution in [3.05, 3.63) is 51.2 Å². The van der Waals surface area contributed by atoms with Crippen molar-refractivity contribution in [2.75, 3.05) is 6.61 Å². The van der Waals surface area contributed by atoms with Crippen molar-refractivity contribution in [1.82, 2.24) is 0 Å². The predicted molar refractivity (Wildman–Crippen MR) is 73.0 cm³/mol. The molecule has 2 N–H and O–H groups in total. The van der Waals surface area contributed by atoms with E-state index in [0.29, 0.717) is 6.61 Å². The van der Waals surface area contributed by atoms with Gasteiger partial charge in [-0.3, -0.25) is 0 Å². The minimum absolute atomic E-state index is 0.145. The summed E-state index contributed by atoms with van der Waals surface area (Å²) in [4.78, 5) is 1.06. The fourth-order valence-electron chi connectivity index (χ4n) is 1.62. The van der Waals surface area contributed by atoms with Crippen LogP contribution in [-0.2, 0) is 0 Å². The lowest BCUT2D eigenvalue weighted by molar-refractivity contribution is 0.340. The van der Waals surface area contributed by atoms with Crippen LogP contribution in [0.1, 0.15) is 23.4 Å². The lowest BCUT2D eigenvalue weighted by Crippen LogP contribution is -2.10. The van der Waals surface area contributed by atoms with Crippen LogP contribution >= 0.6 is 22.9 Å². The summed E-state index contributed by atoms with van der Waals surface area (Å²) in [5, 5.41) is 0. The van der Waals surface area contributed by atoms with Crippen LogP contribution in [0.25, 0.3) is 0 Å². The first-order chi connectivity index (χ1) is 8.20. The van der Waals surface area contributed by atoms with Crippen LogP contribution in [0.4, 0.5) is 0 Å². The average molecular weight is 268 g/mol. The molecule has 0 spiro atoms. The largest absolute Gasteiger partial charge is 0.494 e. The van der Waals surface area contributed by atoms with Gasteiger partial charge in [0.1, 0.15) is 5.75 Å². The number of hydrogen-bond donors (Lipinski definition) is 1. The van der Waals surface area contributed by atoms with Gasteiger partial charge < -0.3 is 10.5 Å². The summed E-state index contributed by atoms with van der Waals surface area (Å²) in [6.45, 7) is 2.62. The second-order valence-electron chi connectivity index (χ2n) is 3.63. The standard InChI is InChI=1S/C13H14ClNOS/c1-2-16-10-5-3-4-9(8-10)13(15)11-6-7-12(14)17-11/h3-8,13H,2,15H2,1H3. The zero-order valence-electron chi connectivity index (χ0n) is 9.52. The average Bonchev–Trinajstić information content (AvgIpc) is 2.76. The summed E-state index contributed by atoms with van der Waals surface area (Å²) in [5.74, 6) is 0.850. The fourth-order valence-corrected chi connectivity index (χ4v) is 2.71. The Morgan fingerprint density at radius 1 is 1.35 bits per heavy atom. The van der Waals surface area contributed by atoms with Crippen molar-refractivity contribution < 1.29 is 4.74 Å². The van der Waals surface area contributed by atoms with Gasteiger partial charge in [0.05, 0.1) is 17.0 Å². The first kappa shape index (κ1) is 12.4. The maximum atomic E-state index is 6.19. The van der Waals surface area contributed by atoms with E-state index in [1.807, 2.05) is 43.3 Å². The molecule has 0 aliphatic heterocycles. The van der Waals surface area contributed by atoms with Gasteiger partial charge in [-0.25, -0.2) is 0 Å². The van der Waals surface area contributed by atoms with Gasteiger partial charge in [0.2, 0.25) is 0 Å². The molecule has 0 fully saturated rings. The molecule has 0 saturated carbocycles. The molecule has 2 aromatic rings. The van der Waals surface area contributed by atoms with Crippen LogP contribution in [0.15, 0.2) is 36.4 Å². The second-order valence-corrected chi connectivity index (χ2v) is 5.37. The smallest absolute Gasteiger partial charge is 0.119 e. The van der Waals surface area contributed by atoms with Gasteiger partial charge in [-0.1, -0.05) is 23.7 Å². The van der Waals surface area contributed by atoms with Crippen molar-refractivity contribution >= 4 is 22.9 Å². The Morgan fingerprint density at radius 3 is 2.82 bits per heavy atom. The lowest BCUT2D eigenvalue weighted by Gasteiger charge is -2.11. The number of thiophene rings is 1. The van der Waals surface area contributed by atoms with E-state index in [1.165, 1.54) is 11.3 Å². The highest BCUT2D eigenvalue weighted by Gasteiger charge is 2.11. The Kier molecular flexibility index (Phi) is 4.05. The summed E-state index contributed by atoms with van der Waals surface area (Å²) in [7, 11) is 0. The molecule has 0 aliphatic carbocycles. The Bertz CT molecular complexity index is 498. The molecule has 4 heteroatoms. The Hall–Kier alpha value is -1.03. The highest BCUT2D eigenvalue weighted by molar-refractivity contribution is 7.16. The van der Waals surface area contributed by atoms with E-state index in [-0.39, 0.29) is 6.04 Å². The maximum absolute atomic E-state index is 6.19. The fraction of sp³-hybridized carbons (Fsp3) is 0.231. The molecule has 1 heterocycles. The Labute approximate surface area is 110 Å². The number of nitrogens with two attached hydrogens (primary N) is 1. The highest BCUT2D eigenvalue weighted by Crippen LogP contribution is 2.30. The summed E-state index contributed by atoms with van der Waals surface area (Å²) < 4.78 is 6.22. The molecular formula is C13H14ClNOS. The molecule has 0 amide bonds. The quantitative estimate of drug-likeness (QED) is 0.913. The number of rotatable bonds is 4. The van der Waals surface area contributed by atoms with Crippen LogP contribution in [0.2, 0.25) is 4.34 Å². The molecule has 0 saturated heterocycles. The van der Waals surface area contributed by atoms with Gasteiger partial charge in [0, 0.05) is 4.88 Å². The number of benzene rings is 1. The van der Waals surface area contributed by atoms with Gasteiger partial charge in [-0.15, -0.1) is 11.3 Å². The molecule has 0 bridgehead atoms. The molecule has 0 radical (unpaired) electrons. The first-order valence-corrected chi connectivity index (χ1v) is 6.63. The van der Waals surface area contributed by atoms with Crippen LogP contribution in [0.3, 0.4) is 0 Å². The molecule has 1 atom stereocenters. The predicted octanol–water partition coefficient (Wildman–Crippen LogP) is 3.85. The first-order valence-electron chi connectivity index (χ1n) is 5.44. The minimum Gasteiger partial charge on any atom is -0.494 e. The monoisotopic (exact) mass is 267 g/mol. The van der Waals surface area contributed by atoms with E-state index in [9.17, 15) is 0 Å². The van der Waals surface area contributed by atoms with Crippen LogP contribution in [0.5, 0.6) is 5.75 Å². The minimum atomic E-state index is -0.145. The van der Waals surface area contributed by atoms with E-state index in [0.717, 1.165) is 20.5 Å². The normalized spacial score (nSPS) is 12.4. The highest BCUT2D eigenvalue weighted by atomic mass is 35.5. The van der Waals surface area contributed by atoms with Crippen molar-refractivity contribution in [2.24, 2.45) is 5.73 Å². The van der Waals surface area contributed by atoms with E-state index in [1.54, 1.807) is 0 Å². The summed E-state index contributed by atoms with van der Waals surface area (Å²) in [6, 6.07) is 11.5. The van der Waals surface area contributed by atoms with Gasteiger partial charge in [0.15, 0.2) is 0 Å². The summed E-state index contributed by atoms with van der Waals surface area (Å²) in [6.07, 6.45) is 0. The van der Waals surface area contributed by atoms with E-state index < -0.39 is 0 Å². The van der Waals surface area contributed by atoms with Crippen LogP contribution in [-0.4, -0.2) is 6.61 Å². The molecule has 0 aliphatic rings. The third-order valence-electron chi connectivity index (χ3n) is 2.43. The number of hydrogen-bond acceptors (Lipinski definition) is 3. The molecular weight excluding hydrogens is 254 g/mol. The third-order valence-corrected chi connectivity index (χ3v) is 3.74. The zero-order chi connectivity index (χ0) is 12.3. The van der Waals surface area contributed by atoms with Gasteiger partial charge in [0.25, 0.3) is 0 Å². The number of halogens is 1. The molecule has 1 aromatic heterocycles. The number of ether oxygens (including phenoxy) is 1. The molecule has 1 unspecified atom stereocenters. The van der Waals surface area contributed by atoms with Crippen LogP contribution < -0.4 is 10.5 Å².